The van der Waals surface area contributed by atoms with Crippen molar-refractivity contribution in [2.45, 2.75) is 56.1 Å². The van der Waals surface area contributed by atoms with Gasteiger partial charge in [-0.05, 0) is 81.5 Å². The standard InChI is InChI=1S/C23H30N2O5S2/c1-15(2)20(22(27)29-23(3,4)5)25-30-32(28)19-13-9-17(10-14-19)24-21(26)16-7-11-18(31-6)12-8-16/h7-15,20,25H,1-6H3,(H,24,26). The maximum Gasteiger partial charge on any atom is 0.326 e. The molecule has 0 saturated carbocycles. The van der Waals surface area contributed by atoms with Crippen molar-refractivity contribution in [1.29, 1.82) is 0 Å². The van der Waals surface area contributed by atoms with Crippen molar-refractivity contribution in [3.8, 4) is 0 Å². The van der Waals surface area contributed by atoms with Crippen LogP contribution in [0.4, 0.5) is 5.69 Å². The Morgan fingerprint density at radius 1 is 1.00 bits per heavy atom. The Labute approximate surface area is 196 Å². The fourth-order valence-corrected chi connectivity index (χ4v) is 3.61. The lowest BCUT2D eigenvalue weighted by molar-refractivity contribution is -0.161. The van der Waals surface area contributed by atoms with Crippen LogP contribution in [-0.4, -0.2) is 34.0 Å². The summed E-state index contributed by atoms with van der Waals surface area (Å²) in [7, 11) is 0. The first-order chi connectivity index (χ1) is 15.0. The molecule has 7 nitrogen and oxygen atoms in total. The number of thioether (sulfide) groups is 1. The van der Waals surface area contributed by atoms with Gasteiger partial charge in [-0.3, -0.25) is 9.59 Å². The molecule has 0 spiro atoms. The summed E-state index contributed by atoms with van der Waals surface area (Å²) in [5, 5.41) is 2.80. The summed E-state index contributed by atoms with van der Waals surface area (Å²) in [6.45, 7) is 9.00. The quantitative estimate of drug-likeness (QED) is 0.310. The zero-order valence-corrected chi connectivity index (χ0v) is 20.8. The number of anilines is 1. The van der Waals surface area contributed by atoms with Crippen LogP contribution in [0, 0.1) is 5.92 Å². The van der Waals surface area contributed by atoms with Crippen molar-refractivity contribution in [2.24, 2.45) is 5.92 Å². The highest BCUT2D eigenvalue weighted by molar-refractivity contribution is 7.98. The fourth-order valence-electron chi connectivity index (χ4n) is 2.56. The highest BCUT2D eigenvalue weighted by Crippen LogP contribution is 2.18. The third kappa shape index (κ3) is 8.05. The molecule has 2 aromatic carbocycles. The number of carbonyl (C=O) groups is 2. The summed E-state index contributed by atoms with van der Waals surface area (Å²) < 4.78 is 23.1. The number of hydrogen-bond acceptors (Lipinski definition) is 7. The SMILES string of the molecule is CSc1ccc(C(=O)Nc2ccc(S(=O)ONC(C(=O)OC(C)(C)C)C(C)C)cc2)cc1. The molecule has 0 radical (unpaired) electrons. The van der Waals surface area contributed by atoms with Gasteiger partial charge in [0.25, 0.3) is 5.91 Å². The molecule has 0 bridgehead atoms. The van der Waals surface area contributed by atoms with Crippen molar-refractivity contribution >= 4 is 40.4 Å². The van der Waals surface area contributed by atoms with E-state index in [0.717, 1.165) is 4.90 Å². The first-order valence-corrected chi connectivity index (χ1v) is 12.4. The summed E-state index contributed by atoms with van der Waals surface area (Å²) in [6.07, 6.45) is 1.97. The molecule has 0 aliphatic heterocycles. The van der Waals surface area contributed by atoms with Gasteiger partial charge in [-0.15, -0.1) is 11.8 Å². The summed E-state index contributed by atoms with van der Waals surface area (Å²) in [4.78, 5) is 26.2. The van der Waals surface area contributed by atoms with Crippen LogP contribution < -0.4 is 10.8 Å². The average molecular weight is 479 g/mol. The van der Waals surface area contributed by atoms with Gasteiger partial charge in [-0.25, -0.2) is 4.21 Å². The molecular weight excluding hydrogens is 448 g/mol. The van der Waals surface area contributed by atoms with E-state index in [9.17, 15) is 13.8 Å². The third-order valence-electron chi connectivity index (χ3n) is 4.23. The van der Waals surface area contributed by atoms with Gasteiger partial charge in [0.2, 0.25) is 11.1 Å². The van der Waals surface area contributed by atoms with Gasteiger partial charge >= 0.3 is 5.97 Å². The highest BCUT2D eigenvalue weighted by atomic mass is 32.2. The van der Waals surface area contributed by atoms with Crippen LogP contribution in [0.2, 0.25) is 0 Å². The Kier molecular flexibility index (Phi) is 9.45. The van der Waals surface area contributed by atoms with Crippen LogP contribution in [0.3, 0.4) is 0 Å². The van der Waals surface area contributed by atoms with Gasteiger partial charge in [-0.2, -0.15) is 9.76 Å². The largest absolute Gasteiger partial charge is 0.459 e. The molecular formula is C23H30N2O5S2. The van der Waals surface area contributed by atoms with Crippen LogP contribution in [0.25, 0.3) is 0 Å². The molecule has 2 unspecified atom stereocenters. The molecule has 2 rings (SSSR count). The van der Waals surface area contributed by atoms with E-state index in [-0.39, 0.29) is 11.8 Å². The molecule has 9 heteroatoms. The molecule has 0 aliphatic carbocycles. The highest BCUT2D eigenvalue weighted by Gasteiger charge is 2.28. The second-order valence-corrected chi connectivity index (χ2v) is 10.4. The van der Waals surface area contributed by atoms with Crippen LogP contribution >= 0.6 is 11.8 Å². The summed E-state index contributed by atoms with van der Waals surface area (Å²) in [5.41, 5.74) is 3.04. The Balaban J connectivity index is 1.95. The maximum absolute atomic E-state index is 12.5. The van der Waals surface area contributed by atoms with Crippen LogP contribution in [0.1, 0.15) is 45.0 Å². The van der Waals surface area contributed by atoms with E-state index in [1.165, 1.54) is 0 Å². The molecule has 32 heavy (non-hydrogen) atoms. The molecule has 2 N–H and O–H groups in total. The van der Waals surface area contributed by atoms with E-state index in [4.69, 9.17) is 9.02 Å². The minimum absolute atomic E-state index is 0.135. The zero-order chi connectivity index (χ0) is 23.9. The Morgan fingerprint density at radius 2 is 1.59 bits per heavy atom. The molecule has 0 aromatic heterocycles. The number of hydrogen-bond donors (Lipinski definition) is 2. The molecule has 2 atom stereocenters. The Bertz CT molecular complexity index is 938. The van der Waals surface area contributed by atoms with E-state index < -0.39 is 28.7 Å². The minimum atomic E-state index is -1.85. The number of esters is 1. The van der Waals surface area contributed by atoms with Crippen LogP contribution in [0.15, 0.2) is 58.3 Å². The number of carbonyl (C=O) groups excluding carboxylic acids is 2. The first-order valence-electron chi connectivity index (χ1n) is 10.1. The van der Waals surface area contributed by atoms with Crippen molar-refractivity contribution in [3.05, 3.63) is 54.1 Å². The summed E-state index contributed by atoms with van der Waals surface area (Å²) in [6, 6.07) is 13.0. The summed E-state index contributed by atoms with van der Waals surface area (Å²) >= 11 is -0.250. The first kappa shape index (κ1) is 26.1. The number of rotatable bonds is 9. The van der Waals surface area contributed by atoms with Gasteiger partial charge in [0, 0.05) is 16.1 Å². The topological polar surface area (TPSA) is 93.7 Å². The average Bonchev–Trinajstić information content (AvgIpc) is 2.72. The van der Waals surface area contributed by atoms with Crippen LogP contribution in [-0.2, 0) is 24.9 Å². The molecule has 0 fully saturated rings. The monoisotopic (exact) mass is 478 g/mol. The van der Waals surface area contributed by atoms with Crippen molar-refractivity contribution < 1.29 is 22.8 Å². The third-order valence-corrected chi connectivity index (χ3v) is 5.88. The van der Waals surface area contributed by atoms with Crippen molar-refractivity contribution in [1.82, 2.24) is 5.48 Å². The molecule has 0 aliphatic rings. The van der Waals surface area contributed by atoms with Gasteiger partial charge < -0.3 is 10.1 Å². The van der Waals surface area contributed by atoms with E-state index in [1.807, 2.05) is 32.2 Å². The van der Waals surface area contributed by atoms with Gasteiger partial charge in [0.05, 0.1) is 4.90 Å². The normalized spacial score (nSPS) is 13.5. The van der Waals surface area contributed by atoms with E-state index >= 15 is 0 Å². The number of hydroxylamine groups is 1. The number of ether oxygens (including phenoxy) is 1. The van der Waals surface area contributed by atoms with E-state index in [1.54, 1.807) is 68.9 Å². The molecule has 2 aromatic rings. The van der Waals surface area contributed by atoms with Crippen molar-refractivity contribution in [2.75, 3.05) is 11.6 Å². The predicted molar refractivity (Wildman–Crippen MR) is 128 cm³/mol. The number of benzene rings is 2. The Morgan fingerprint density at radius 3 is 2.09 bits per heavy atom. The predicted octanol–water partition coefficient (Wildman–Crippen LogP) is 4.57. The fraction of sp³-hybridized carbons (Fsp3) is 0.391. The smallest absolute Gasteiger partial charge is 0.326 e. The minimum Gasteiger partial charge on any atom is -0.459 e. The number of nitrogens with one attached hydrogen (secondary N) is 2. The maximum atomic E-state index is 12.5. The zero-order valence-electron chi connectivity index (χ0n) is 19.1. The molecule has 0 heterocycles. The second-order valence-electron chi connectivity index (χ2n) is 8.40. The second kappa shape index (κ2) is 11.6. The lowest BCUT2D eigenvalue weighted by atomic mass is 10.1. The van der Waals surface area contributed by atoms with Crippen molar-refractivity contribution in [3.63, 3.8) is 0 Å². The van der Waals surface area contributed by atoms with Gasteiger partial charge in [-0.1, -0.05) is 13.8 Å². The van der Waals surface area contributed by atoms with Gasteiger partial charge in [0.15, 0.2) is 0 Å². The molecule has 0 saturated heterocycles. The summed E-state index contributed by atoms with van der Waals surface area (Å²) in [5.74, 6) is -0.848. The van der Waals surface area contributed by atoms with E-state index in [0.29, 0.717) is 16.1 Å². The Hall–Kier alpha value is -2.20. The number of amides is 1. The van der Waals surface area contributed by atoms with Gasteiger partial charge in [0.1, 0.15) is 11.6 Å². The lowest BCUT2D eigenvalue weighted by Gasteiger charge is -2.25. The molecule has 1 amide bonds. The molecule has 174 valence electrons. The van der Waals surface area contributed by atoms with Crippen LogP contribution in [0.5, 0.6) is 0 Å². The van der Waals surface area contributed by atoms with E-state index in [2.05, 4.69) is 10.8 Å². The lowest BCUT2D eigenvalue weighted by Crippen LogP contribution is -2.44.